The molecule has 5 rings (SSSR count). The minimum absolute atomic E-state index is 0.000508. The highest BCUT2D eigenvalue weighted by Gasteiger charge is 2.39. The van der Waals surface area contributed by atoms with Gasteiger partial charge >= 0.3 is 0 Å². The van der Waals surface area contributed by atoms with E-state index < -0.39 is 0 Å². The largest absolute Gasteiger partial charge is 0.490 e. The summed E-state index contributed by atoms with van der Waals surface area (Å²) in [6.07, 6.45) is 3.26. The van der Waals surface area contributed by atoms with Crippen LogP contribution in [0.1, 0.15) is 54.1 Å². The van der Waals surface area contributed by atoms with Crippen molar-refractivity contribution < 1.29 is 23.9 Å². The molecule has 8 nitrogen and oxygen atoms in total. The number of rotatable bonds is 5. The number of anilines is 1. The second-order valence-electron chi connectivity index (χ2n) is 9.93. The molecule has 8 heteroatoms. The van der Waals surface area contributed by atoms with Crippen molar-refractivity contribution >= 4 is 23.4 Å². The molecule has 0 bridgehead atoms. The maximum Gasteiger partial charge on any atom is 0.257 e. The fourth-order valence-electron chi connectivity index (χ4n) is 5.51. The SMILES string of the molecule is CCC(=O)Nc1ccc2c(c1)C(=O)N(C)[C@H]1CC[C@@H](CC(=O)NC3Cc4ccccc4C3)O[C@@H]1CO2. The Morgan fingerprint density at radius 1 is 1.06 bits per heavy atom. The van der Waals surface area contributed by atoms with E-state index in [9.17, 15) is 14.4 Å². The lowest BCUT2D eigenvalue weighted by Crippen LogP contribution is -2.54. The molecule has 0 aromatic heterocycles. The fourth-order valence-corrected chi connectivity index (χ4v) is 5.51. The number of amides is 3. The van der Waals surface area contributed by atoms with Crippen LogP contribution in [0.5, 0.6) is 5.75 Å². The molecule has 3 atom stereocenters. The van der Waals surface area contributed by atoms with Crippen LogP contribution in [0.4, 0.5) is 5.69 Å². The van der Waals surface area contributed by atoms with Gasteiger partial charge in [0.2, 0.25) is 11.8 Å². The van der Waals surface area contributed by atoms with Crippen LogP contribution >= 0.6 is 0 Å². The molecule has 1 aliphatic carbocycles. The van der Waals surface area contributed by atoms with Crippen LogP contribution < -0.4 is 15.4 Å². The molecular weight excluding hydrogens is 458 g/mol. The van der Waals surface area contributed by atoms with Crippen molar-refractivity contribution in [2.24, 2.45) is 0 Å². The first-order chi connectivity index (χ1) is 17.4. The predicted octanol–water partition coefficient (Wildman–Crippen LogP) is 3.09. The summed E-state index contributed by atoms with van der Waals surface area (Å²) in [7, 11) is 1.78. The van der Waals surface area contributed by atoms with E-state index in [1.165, 1.54) is 11.1 Å². The van der Waals surface area contributed by atoms with Crippen molar-refractivity contribution in [3.05, 3.63) is 59.2 Å². The van der Waals surface area contributed by atoms with Crippen molar-refractivity contribution in [2.45, 2.75) is 69.7 Å². The molecule has 2 aromatic carbocycles. The van der Waals surface area contributed by atoms with E-state index in [4.69, 9.17) is 9.47 Å². The minimum Gasteiger partial charge on any atom is -0.490 e. The Bertz CT molecular complexity index is 1140. The molecule has 1 saturated heterocycles. The van der Waals surface area contributed by atoms with Crippen LogP contribution in [-0.2, 0) is 27.2 Å². The van der Waals surface area contributed by atoms with Gasteiger partial charge in [0.05, 0.1) is 24.1 Å². The molecule has 0 unspecified atom stereocenters. The number of carbonyl (C=O) groups is 3. The quantitative estimate of drug-likeness (QED) is 0.670. The lowest BCUT2D eigenvalue weighted by Gasteiger charge is -2.42. The highest BCUT2D eigenvalue weighted by molar-refractivity contribution is 5.99. The number of hydrogen-bond donors (Lipinski definition) is 2. The maximum absolute atomic E-state index is 13.3. The van der Waals surface area contributed by atoms with E-state index in [2.05, 4.69) is 22.8 Å². The zero-order valence-corrected chi connectivity index (χ0v) is 20.8. The number of fused-ring (bicyclic) bond motifs is 3. The predicted molar refractivity (Wildman–Crippen MR) is 135 cm³/mol. The van der Waals surface area contributed by atoms with Gasteiger partial charge in [-0.05, 0) is 55.0 Å². The number of carbonyl (C=O) groups excluding carboxylic acids is 3. The third-order valence-corrected chi connectivity index (χ3v) is 7.45. The van der Waals surface area contributed by atoms with Gasteiger partial charge < -0.3 is 25.0 Å². The molecule has 36 heavy (non-hydrogen) atoms. The number of ether oxygens (including phenoxy) is 2. The molecule has 0 saturated carbocycles. The molecule has 2 aromatic rings. The Balaban J connectivity index is 1.20. The minimum atomic E-state index is -0.325. The second kappa shape index (κ2) is 10.3. The molecule has 2 heterocycles. The molecule has 2 aliphatic heterocycles. The maximum atomic E-state index is 13.3. The van der Waals surface area contributed by atoms with Crippen molar-refractivity contribution in [2.75, 3.05) is 19.0 Å². The molecule has 2 N–H and O–H groups in total. The number of likely N-dealkylation sites (N-methyl/N-ethyl adjacent to an activating group) is 1. The Kier molecular flexibility index (Phi) is 6.96. The van der Waals surface area contributed by atoms with E-state index in [0.717, 1.165) is 19.3 Å². The van der Waals surface area contributed by atoms with E-state index in [1.54, 1.807) is 37.1 Å². The van der Waals surface area contributed by atoms with Gasteiger partial charge in [-0.15, -0.1) is 0 Å². The number of benzene rings is 2. The van der Waals surface area contributed by atoms with Crippen molar-refractivity contribution in [1.82, 2.24) is 10.2 Å². The Hall–Kier alpha value is -3.39. The first-order valence-corrected chi connectivity index (χ1v) is 12.8. The molecule has 0 spiro atoms. The molecule has 1 fully saturated rings. The van der Waals surface area contributed by atoms with Crippen LogP contribution in [-0.4, -0.2) is 60.6 Å². The average Bonchev–Trinajstić information content (AvgIpc) is 3.28. The van der Waals surface area contributed by atoms with Crippen LogP contribution in [0, 0.1) is 0 Å². The average molecular weight is 492 g/mol. The monoisotopic (exact) mass is 491 g/mol. The fraction of sp³-hybridized carbons (Fsp3) is 0.464. The molecule has 3 amide bonds. The zero-order chi connectivity index (χ0) is 25.2. The summed E-state index contributed by atoms with van der Waals surface area (Å²) in [5.74, 6) is 0.173. The summed E-state index contributed by atoms with van der Waals surface area (Å²) in [5, 5.41) is 5.97. The highest BCUT2D eigenvalue weighted by atomic mass is 16.5. The summed E-state index contributed by atoms with van der Waals surface area (Å²) < 4.78 is 12.3. The standard InChI is InChI=1S/C28H33N3O5/c1-3-26(32)29-19-8-11-24-22(14-19)28(34)31(2)23-10-9-21(36-25(23)16-35-24)15-27(33)30-20-12-17-6-4-5-7-18(17)13-20/h4-8,11,14,20-21,23,25H,3,9-10,12-13,15-16H2,1-2H3,(H,29,32)(H,30,33)/t21-,23-,25+/m0/s1. The van der Waals surface area contributed by atoms with Crippen molar-refractivity contribution in [3.63, 3.8) is 0 Å². The smallest absolute Gasteiger partial charge is 0.257 e. The summed E-state index contributed by atoms with van der Waals surface area (Å²) >= 11 is 0. The van der Waals surface area contributed by atoms with E-state index in [0.29, 0.717) is 36.3 Å². The van der Waals surface area contributed by atoms with Gasteiger partial charge in [0.15, 0.2) is 0 Å². The zero-order valence-electron chi connectivity index (χ0n) is 20.8. The summed E-state index contributed by atoms with van der Waals surface area (Å²) in [6, 6.07) is 13.4. The topological polar surface area (TPSA) is 97.0 Å². The first-order valence-electron chi connectivity index (χ1n) is 12.8. The van der Waals surface area contributed by atoms with Gasteiger partial charge in [0.1, 0.15) is 18.5 Å². The number of nitrogens with one attached hydrogen (secondary N) is 2. The molecule has 3 aliphatic rings. The third kappa shape index (κ3) is 5.09. The lowest BCUT2D eigenvalue weighted by atomic mass is 9.94. The van der Waals surface area contributed by atoms with Crippen LogP contribution in [0.3, 0.4) is 0 Å². The van der Waals surface area contributed by atoms with E-state index >= 15 is 0 Å². The Labute approximate surface area is 211 Å². The van der Waals surface area contributed by atoms with Crippen LogP contribution in [0.25, 0.3) is 0 Å². The number of hydrogen-bond acceptors (Lipinski definition) is 5. The van der Waals surface area contributed by atoms with E-state index in [-0.39, 0.29) is 48.6 Å². The third-order valence-electron chi connectivity index (χ3n) is 7.45. The van der Waals surface area contributed by atoms with Crippen LogP contribution in [0.15, 0.2) is 42.5 Å². The molecular formula is C28H33N3O5. The second-order valence-corrected chi connectivity index (χ2v) is 9.93. The summed E-state index contributed by atoms with van der Waals surface area (Å²) in [5.41, 5.74) is 3.60. The van der Waals surface area contributed by atoms with Crippen molar-refractivity contribution in [3.8, 4) is 5.75 Å². The van der Waals surface area contributed by atoms with Gasteiger partial charge in [0.25, 0.3) is 5.91 Å². The van der Waals surface area contributed by atoms with E-state index in [1.807, 2.05) is 12.1 Å². The van der Waals surface area contributed by atoms with Crippen LogP contribution in [0.2, 0.25) is 0 Å². The van der Waals surface area contributed by atoms with Crippen molar-refractivity contribution in [1.29, 1.82) is 0 Å². The van der Waals surface area contributed by atoms with Gasteiger partial charge in [-0.2, -0.15) is 0 Å². The first kappa shape index (κ1) is 24.3. The highest BCUT2D eigenvalue weighted by Crippen LogP contribution is 2.32. The Morgan fingerprint density at radius 3 is 2.53 bits per heavy atom. The van der Waals surface area contributed by atoms with Gasteiger partial charge in [-0.25, -0.2) is 0 Å². The molecule has 190 valence electrons. The van der Waals surface area contributed by atoms with Gasteiger partial charge in [0, 0.05) is 25.2 Å². The number of nitrogens with zero attached hydrogens (tertiary/aromatic N) is 1. The molecule has 0 radical (unpaired) electrons. The lowest BCUT2D eigenvalue weighted by molar-refractivity contribution is -0.134. The summed E-state index contributed by atoms with van der Waals surface area (Å²) in [6.45, 7) is 2.06. The summed E-state index contributed by atoms with van der Waals surface area (Å²) in [4.78, 5) is 39.6. The Morgan fingerprint density at radius 2 is 1.81 bits per heavy atom. The van der Waals surface area contributed by atoms with Gasteiger partial charge in [-0.3, -0.25) is 14.4 Å². The normalized spacial score (nSPS) is 23.4. The van der Waals surface area contributed by atoms with Gasteiger partial charge in [-0.1, -0.05) is 31.2 Å².